The van der Waals surface area contributed by atoms with Crippen molar-refractivity contribution in [2.24, 2.45) is 0 Å². The minimum absolute atomic E-state index is 0.274. The number of carbonyl (C=O) groups excluding carboxylic acids is 2. The maximum Gasteiger partial charge on any atom is 0.408 e. The standard InChI is InChI=1S/C22H29N3O3S/c1-21(2,3)28-20(27)25-22(4,5)19(26)24-14-17-18(12-9-13-23-17)29-15-16-10-7-6-8-11-16/h6-13H,14-15H2,1-5H3,(H,24,26)(H,25,27). The van der Waals surface area contributed by atoms with Gasteiger partial charge in [-0.1, -0.05) is 30.3 Å². The molecule has 2 rings (SSSR count). The summed E-state index contributed by atoms with van der Waals surface area (Å²) in [5.41, 5.74) is 0.262. The van der Waals surface area contributed by atoms with Gasteiger partial charge in [0.05, 0.1) is 12.2 Å². The molecule has 2 N–H and O–H groups in total. The van der Waals surface area contributed by atoms with E-state index < -0.39 is 17.2 Å². The van der Waals surface area contributed by atoms with Crippen molar-refractivity contribution in [3.05, 3.63) is 59.9 Å². The van der Waals surface area contributed by atoms with Crippen molar-refractivity contribution in [2.45, 2.75) is 63.0 Å². The third kappa shape index (κ3) is 7.77. The van der Waals surface area contributed by atoms with E-state index in [0.29, 0.717) is 0 Å². The molecule has 0 atom stereocenters. The molecule has 0 unspecified atom stereocenters. The van der Waals surface area contributed by atoms with Crippen LogP contribution in [0.4, 0.5) is 4.79 Å². The fourth-order valence-corrected chi connectivity index (χ4v) is 3.40. The number of hydrogen-bond donors (Lipinski definition) is 2. The van der Waals surface area contributed by atoms with E-state index in [1.165, 1.54) is 5.56 Å². The largest absolute Gasteiger partial charge is 0.444 e. The van der Waals surface area contributed by atoms with E-state index in [2.05, 4.69) is 27.8 Å². The molecule has 2 amide bonds. The Morgan fingerprint density at radius 1 is 1.03 bits per heavy atom. The van der Waals surface area contributed by atoms with Crippen LogP contribution in [0.2, 0.25) is 0 Å². The van der Waals surface area contributed by atoms with Gasteiger partial charge in [0.25, 0.3) is 0 Å². The molecule has 0 aliphatic rings. The van der Waals surface area contributed by atoms with Crippen molar-refractivity contribution in [2.75, 3.05) is 0 Å². The number of carbonyl (C=O) groups is 2. The molecular weight excluding hydrogens is 386 g/mol. The average Bonchev–Trinajstić information content (AvgIpc) is 2.63. The van der Waals surface area contributed by atoms with Crippen LogP contribution in [0, 0.1) is 0 Å². The van der Waals surface area contributed by atoms with Crippen LogP contribution < -0.4 is 10.6 Å². The summed E-state index contributed by atoms with van der Waals surface area (Å²) in [7, 11) is 0. The zero-order chi connectivity index (χ0) is 21.5. The lowest BCUT2D eigenvalue weighted by Gasteiger charge is -2.27. The monoisotopic (exact) mass is 415 g/mol. The van der Waals surface area contributed by atoms with Crippen molar-refractivity contribution < 1.29 is 14.3 Å². The summed E-state index contributed by atoms with van der Waals surface area (Å²) >= 11 is 1.67. The van der Waals surface area contributed by atoms with E-state index in [1.807, 2.05) is 30.3 Å². The van der Waals surface area contributed by atoms with Gasteiger partial charge in [-0.3, -0.25) is 9.78 Å². The second kappa shape index (κ2) is 9.78. The highest BCUT2D eigenvalue weighted by atomic mass is 32.2. The van der Waals surface area contributed by atoms with Crippen molar-refractivity contribution in [3.8, 4) is 0 Å². The zero-order valence-electron chi connectivity index (χ0n) is 17.6. The molecule has 0 saturated heterocycles. The van der Waals surface area contributed by atoms with Gasteiger partial charge in [-0.2, -0.15) is 0 Å². The first-order valence-electron chi connectivity index (χ1n) is 9.47. The summed E-state index contributed by atoms with van der Waals surface area (Å²) in [6, 6.07) is 14.1. The SMILES string of the molecule is CC(C)(C)OC(=O)NC(C)(C)C(=O)NCc1ncccc1SCc1ccccc1. The Morgan fingerprint density at radius 3 is 2.38 bits per heavy atom. The number of ether oxygens (including phenoxy) is 1. The number of amides is 2. The van der Waals surface area contributed by atoms with Crippen LogP contribution in [-0.4, -0.2) is 28.1 Å². The van der Waals surface area contributed by atoms with Gasteiger partial charge in [0.1, 0.15) is 11.1 Å². The Bertz CT molecular complexity index is 833. The molecule has 0 aliphatic carbocycles. The molecule has 1 aromatic heterocycles. The van der Waals surface area contributed by atoms with Crippen LogP contribution in [0.25, 0.3) is 0 Å². The minimum Gasteiger partial charge on any atom is -0.444 e. The summed E-state index contributed by atoms with van der Waals surface area (Å²) in [5.74, 6) is 0.507. The number of alkyl carbamates (subject to hydrolysis) is 1. The molecule has 2 aromatic rings. The number of nitrogens with one attached hydrogen (secondary N) is 2. The van der Waals surface area contributed by atoms with E-state index >= 15 is 0 Å². The lowest BCUT2D eigenvalue weighted by atomic mass is 10.1. The van der Waals surface area contributed by atoms with E-state index in [0.717, 1.165) is 16.3 Å². The lowest BCUT2D eigenvalue weighted by molar-refractivity contribution is -0.126. The minimum atomic E-state index is -1.12. The van der Waals surface area contributed by atoms with Gasteiger partial charge < -0.3 is 15.4 Å². The number of pyridine rings is 1. The molecule has 6 nitrogen and oxygen atoms in total. The highest BCUT2D eigenvalue weighted by Gasteiger charge is 2.31. The van der Waals surface area contributed by atoms with Gasteiger partial charge in [-0.15, -0.1) is 11.8 Å². The fourth-order valence-electron chi connectivity index (χ4n) is 2.42. The summed E-state index contributed by atoms with van der Waals surface area (Å²) in [5, 5.41) is 5.47. The van der Waals surface area contributed by atoms with Gasteiger partial charge in [-0.05, 0) is 52.3 Å². The van der Waals surface area contributed by atoms with Crippen LogP contribution in [0.5, 0.6) is 0 Å². The van der Waals surface area contributed by atoms with Crippen LogP contribution >= 0.6 is 11.8 Å². The van der Waals surface area contributed by atoms with Crippen molar-refractivity contribution in [1.82, 2.24) is 15.6 Å². The van der Waals surface area contributed by atoms with Gasteiger partial charge in [0, 0.05) is 16.8 Å². The lowest BCUT2D eigenvalue weighted by Crippen LogP contribution is -2.55. The molecule has 0 aliphatic heterocycles. The normalized spacial score (nSPS) is 11.6. The van der Waals surface area contributed by atoms with Gasteiger partial charge in [-0.25, -0.2) is 4.79 Å². The first kappa shape index (κ1) is 22.7. The molecule has 1 aromatic carbocycles. The second-order valence-electron chi connectivity index (χ2n) is 8.16. The number of thioether (sulfide) groups is 1. The molecule has 0 spiro atoms. The topological polar surface area (TPSA) is 80.3 Å². The smallest absolute Gasteiger partial charge is 0.408 e. The summed E-state index contributed by atoms with van der Waals surface area (Å²) in [4.78, 5) is 30.0. The van der Waals surface area contributed by atoms with Crippen molar-refractivity contribution in [1.29, 1.82) is 0 Å². The number of benzene rings is 1. The van der Waals surface area contributed by atoms with Gasteiger partial charge in [0.15, 0.2) is 0 Å². The van der Waals surface area contributed by atoms with Crippen LogP contribution in [-0.2, 0) is 21.8 Å². The van der Waals surface area contributed by atoms with Crippen LogP contribution in [0.3, 0.4) is 0 Å². The predicted molar refractivity (Wildman–Crippen MR) is 116 cm³/mol. The number of hydrogen-bond acceptors (Lipinski definition) is 5. The Labute approximate surface area is 176 Å². The molecule has 1 heterocycles. The highest BCUT2D eigenvalue weighted by Crippen LogP contribution is 2.25. The summed E-state index contributed by atoms with van der Waals surface area (Å²) in [6.07, 6.45) is 1.08. The summed E-state index contributed by atoms with van der Waals surface area (Å²) < 4.78 is 5.23. The Morgan fingerprint density at radius 2 is 1.72 bits per heavy atom. The second-order valence-corrected chi connectivity index (χ2v) is 9.17. The maximum absolute atomic E-state index is 12.6. The molecular formula is C22H29N3O3S. The zero-order valence-corrected chi connectivity index (χ0v) is 18.4. The van der Waals surface area contributed by atoms with E-state index in [9.17, 15) is 9.59 Å². The van der Waals surface area contributed by atoms with Crippen molar-refractivity contribution >= 4 is 23.8 Å². The third-order valence-corrected chi connectivity index (χ3v) is 5.04. The Hall–Kier alpha value is -2.54. The highest BCUT2D eigenvalue weighted by molar-refractivity contribution is 7.98. The van der Waals surface area contributed by atoms with Gasteiger partial charge >= 0.3 is 6.09 Å². The van der Waals surface area contributed by atoms with Crippen molar-refractivity contribution in [3.63, 3.8) is 0 Å². The predicted octanol–water partition coefficient (Wildman–Crippen LogP) is 4.29. The number of nitrogens with zero attached hydrogens (tertiary/aromatic N) is 1. The maximum atomic E-state index is 12.6. The van der Waals surface area contributed by atoms with Gasteiger partial charge in [0.2, 0.25) is 5.91 Å². The number of rotatable bonds is 7. The van der Waals surface area contributed by atoms with Crippen LogP contribution in [0.1, 0.15) is 45.9 Å². The first-order chi connectivity index (χ1) is 13.6. The molecule has 29 heavy (non-hydrogen) atoms. The van der Waals surface area contributed by atoms with E-state index in [4.69, 9.17) is 4.74 Å². The molecule has 0 fully saturated rings. The quantitative estimate of drug-likeness (QED) is 0.659. The third-order valence-electron chi connectivity index (χ3n) is 3.88. The number of aromatic nitrogens is 1. The molecule has 7 heteroatoms. The first-order valence-corrected chi connectivity index (χ1v) is 10.5. The Kier molecular flexibility index (Phi) is 7.67. The molecule has 0 radical (unpaired) electrons. The molecule has 156 valence electrons. The molecule has 0 bridgehead atoms. The average molecular weight is 416 g/mol. The van der Waals surface area contributed by atoms with E-state index in [-0.39, 0.29) is 12.5 Å². The molecule has 0 saturated carbocycles. The van der Waals surface area contributed by atoms with E-state index in [1.54, 1.807) is 52.6 Å². The summed E-state index contributed by atoms with van der Waals surface area (Å²) in [6.45, 7) is 8.86. The fraction of sp³-hybridized carbons (Fsp3) is 0.409. The Balaban J connectivity index is 1.94. The van der Waals surface area contributed by atoms with Crippen LogP contribution in [0.15, 0.2) is 53.6 Å².